The number of hydrogen-bond acceptors (Lipinski definition) is 4. The van der Waals surface area contributed by atoms with Crippen molar-refractivity contribution in [2.45, 2.75) is 24.3 Å². The van der Waals surface area contributed by atoms with Crippen LogP contribution in [0.4, 0.5) is 5.69 Å². The van der Waals surface area contributed by atoms with Crippen molar-refractivity contribution >= 4 is 46.4 Å². The second-order valence-electron chi connectivity index (χ2n) is 6.97. The van der Waals surface area contributed by atoms with Crippen molar-refractivity contribution in [2.75, 3.05) is 11.4 Å². The van der Waals surface area contributed by atoms with Crippen molar-refractivity contribution in [1.29, 1.82) is 0 Å². The molecular weight excluding hydrogens is 527 g/mol. The van der Waals surface area contributed by atoms with Gasteiger partial charge in [0, 0.05) is 23.6 Å². The van der Waals surface area contributed by atoms with E-state index < -0.39 is 11.9 Å². The molecule has 0 amide bonds. The summed E-state index contributed by atoms with van der Waals surface area (Å²) in [5, 5.41) is 20.2. The highest BCUT2D eigenvalue weighted by atomic mass is 127. The first kappa shape index (κ1) is 23.1. The molecule has 1 aliphatic heterocycles. The number of carbonyl (C=O) groups is 2. The molecule has 0 unspecified atom stereocenters. The number of nitrogens with zero attached hydrogens (tertiary/aromatic N) is 2. The summed E-state index contributed by atoms with van der Waals surface area (Å²) in [6.07, 6.45) is 4.10. The Bertz CT molecular complexity index is 1170. The number of para-hydroxylation sites is 2. The quantitative estimate of drug-likeness (QED) is 0.339. The number of carboxylic acid groups (broad SMARTS) is 2. The summed E-state index contributed by atoms with van der Waals surface area (Å²) in [6.45, 7) is 0.798. The number of halogens is 1. The largest absolute Gasteiger partial charge is 1.00 e. The van der Waals surface area contributed by atoms with Crippen LogP contribution in [-0.4, -0.2) is 28.7 Å². The maximum Gasteiger partial charge on any atom is 0.309 e. The number of thioether (sulfide) groups is 1. The number of carboxylic acids is 2. The van der Waals surface area contributed by atoms with Gasteiger partial charge in [-0.1, -0.05) is 36.0 Å². The monoisotopic (exact) mass is 548 g/mol. The van der Waals surface area contributed by atoms with Gasteiger partial charge in [0.15, 0.2) is 12.7 Å². The molecule has 0 bridgehead atoms. The predicted molar refractivity (Wildman–Crippen MR) is 116 cm³/mol. The van der Waals surface area contributed by atoms with Crippen LogP contribution in [0.15, 0.2) is 70.7 Å². The Morgan fingerprint density at radius 1 is 0.968 bits per heavy atom. The van der Waals surface area contributed by atoms with Crippen molar-refractivity contribution in [3.8, 4) is 0 Å². The molecule has 0 aliphatic carbocycles. The molecule has 2 heterocycles. The summed E-state index contributed by atoms with van der Waals surface area (Å²) in [5.41, 5.74) is 2.99. The third-order valence-corrected chi connectivity index (χ3v) is 6.10. The summed E-state index contributed by atoms with van der Waals surface area (Å²) in [6, 6.07) is 17.9. The minimum absolute atomic E-state index is 0. The van der Waals surface area contributed by atoms with Gasteiger partial charge in [0.05, 0.1) is 22.5 Å². The average molecular weight is 548 g/mol. The summed E-state index contributed by atoms with van der Waals surface area (Å²) in [4.78, 5) is 25.3. The van der Waals surface area contributed by atoms with Gasteiger partial charge in [0.25, 0.3) is 0 Å². The molecule has 4 rings (SSSR count). The average Bonchev–Trinajstić information content (AvgIpc) is 3.08. The molecule has 3 aromatic rings. The van der Waals surface area contributed by atoms with E-state index in [0.29, 0.717) is 13.1 Å². The van der Waals surface area contributed by atoms with Gasteiger partial charge in [0.2, 0.25) is 5.52 Å². The van der Waals surface area contributed by atoms with Crippen molar-refractivity contribution in [3.63, 3.8) is 0 Å². The van der Waals surface area contributed by atoms with E-state index in [1.54, 1.807) is 11.8 Å². The number of rotatable bonds is 7. The highest BCUT2D eigenvalue weighted by Crippen LogP contribution is 2.46. The molecule has 0 saturated carbocycles. The molecule has 8 heteroatoms. The lowest BCUT2D eigenvalue weighted by Gasteiger charge is -2.19. The zero-order chi connectivity index (χ0) is 21.1. The van der Waals surface area contributed by atoms with Crippen LogP contribution >= 0.6 is 11.8 Å². The molecule has 6 nitrogen and oxygen atoms in total. The van der Waals surface area contributed by atoms with E-state index in [1.807, 2.05) is 70.3 Å². The van der Waals surface area contributed by atoms with Gasteiger partial charge < -0.3 is 39.1 Å². The van der Waals surface area contributed by atoms with Crippen molar-refractivity contribution in [3.05, 3.63) is 71.4 Å². The second-order valence-corrected chi connectivity index (χ2v) is 8.04. The molecule has 1 aromatic heterocycles. The summed E-state index contributed by atoms with van der Waals surface area (Å²) < 4.78 is 1.95. The zero-order valence-corrected chi connectivity index (χ0v) is 19.5. The topological polar surface area (TPSA) is 81.7 Å². The number of hydrogen-bond donors (Lipinski definition) is 2. The van der Waals surface area contributed by atoms with Crippen LogP contribution < -0.4 is 33.4 Å². The Kier molecular flexibility index (Phi) is 7.55. The maximum atomic E-state index is 11.2. The van der Waals surface area contributed by atoms with Crippen LogP contribution in [0.1, 0.15) is 18.4 Å². The summed E-state index contributed by atoms with van der Waals surface area (Å²) >= 11 is 1.63. The first-order chi connectivity index (χ1) is 14.5. The van der Waals surface area contributed by atoms with E-state index in [9.17, 15) is 9.59 Å². The summed E-state index contributed by atoms with van der Waals surface area (Å²) in [7, 11) is 0. The van der Waals surface area contributed by atoms with E-state index in [4.69, 9.17) is 10.2 Å². The van der Waals surface area contributed by atoms with Gasteiger partial charge in [-0.05, 0) is 29.8 Å². The van der Waals surface area contributed by atoms with Crippen molar-refractivity contribution in [1.82, 2.24) is 0 Å². The first-order valence-electron chi connectivity index (χ1n) is 9.64. The SMILES string of the molecule is O=C(O)CCN1C(=Cc2cc[n+](CCC(=O)O)c3ccccc23)Sc2ccccc21.[I-]. The number of aryl methyl sites for hydroxylation is 1. The van der Waals surface area contributed by atoms with Crippen LogP contribution in [0.5, 0.6) is 0 Å². The Morgan fingerprint density at radius 2 is 1.68 bits per heavy atom. The van der Waals surface area contributed by atoms with Gasteiger partial charge in [0.1, 0.15) is 6.42 Å². The molecule has 0 spiro atoms. The first-order valence-corrected chi connectivity index (χ1v) is 10.5. The second kappa shape index (κ2) is 10.1. The molecule has 0 radical (unpaired) electrons. The fraction of sp³-hybridized carbons (Fsp3) is 0.174. The number of aromatic nitrogens is 1. The molecule has 31 heavy (non-hydrogen) atoms. The van der Waals surface area contributed by atoms with Crippen LogP contribution in [0.25, 0.3) is 17.0 Å². The normalized spacial score (nSPS) is 13.8. The smallest absolute Gasteiger partial charge is 0.309 e. The molecule has 0 fully saturated rings. The highest BCUT2D eigenvalue weighted by Gasteiger charge is 2.25. The number of fused-ring (bicyclic) bond motifs is 2. The maximum absolute atomic E-state index is 11.2. The molecule has 2 aromatic carbocycles. The van der Waals surface area contributed by atoms with Gasteiger partial charge in [-0.3, -0.25) is 9.59 Å². The Balaban J connectivity index is 0.00000272. The van der Waals surface area contributed by atoms with Crippen LogP contribution in [0.2, 0.25) is 0 Å². The lowest BCUT2D eigenvalue weighted by molar-refractivity contribution is -0.670. The van der Waals surface area contributed by atoms with Crippen LogP contribution in [0, 0.1) is 0 Å². The lowest BCUT2D eigenvalue weighted by atomic mass is 10.1. The Labute approximate surface area is 201 Å². The lowest BCUT2D eigenvalue weighted by Crippen LogP contribution is -3.00. The Hall–Kier alpha value is -2.59. The molecule has 0 atom stereocenters. The molecular formula is C23H21IN2O4S. The van der Waals surface area contributed by atoms with Gasteiger partial charge in [-0.25, -0.2) is 0 Å². The third kappa shape index (κ3) is 5.19. The molecule has 1 aliphatic rings. The fourth-order valence-electron chi connectivity index (χ4n) is 3.58. The number of pyridine rings is 1. The van der Waals surface area contributed by atoms with E-state index >= 15 is 0 Å². The third-order valence-electron chi connectivity index (χ3n) is 4.99. The Morgan fingerprint density at radius 3 is 2.45 bits per heavy atom. The molecule has 2 N–H and O–H groups in total. The van der Waals surface area contributed by atoms with E-state index in [2.05, 4.69) is 6.08 Å². The van der Waals surface area contributed by atoms with Crippen molar-refractivity contribution in [2.24, 2.45) is 0 Å². The van der Waals surface area contributed by atoms with Gasteiger partial charge in [-0.2, -0.15) is 4.57 Å². The van der Waals surface area contributed by atoms with Crippen LogP contribution in [-0.2, 0) is 16.1 Å². The fourth-order valence-corrected chi connectivity index (χ4v) is 4.72. The van der Waals surface area contributed by atoms with E-state index in [1.165, 1.54) is 0 Å². The number of aliphatic carboxylic acids is 2. The van der Waals surface area contributed by atoms with Gasteiger partial charge in [-0.15, -0.1) is 0 Å². The van der Waals surface area contributed by atoms with E-state index in [-0.39, 0.29) is 36.8 Å². The van der Waals surface area contributed by atoms with Crippen LogP contribution in [0.3, 0.4) is 0 Å². The van der Waals surface area contributed by atoms with Crippen molar-refractivity contribution < 1.29 is 48.3 Å². The molecule has 0 saturated heterocycles. The minimum Gasteiger partial charge on any atom is -1.00 e. The van der Waals surface area contributed by atoms with Gasteiger partial charge >= 0.3 is 11.9 Å². The predicted octanol–water partition coefficient (Wildman–Crippen LogP) is 0.991. The summed E-state index contributed by atoms with van der Waals surface area (Å²) in [5.74, 6) is -1.65. The number of anilines is 1. The minimum atomic E-state index is -0.827. The molecule has 160 valence electrons. The standard InChI is InChI=1S/C23H20N2O4S.HI/c26-22(27)10-13-24-12-9-16(17-5-1-2-6-18(17)24)15-21-25(14-11-23(28)29)19-7-3-4-8-20(19)30-21;/h1-9,12,15H,10-11,13-14H2,(H-,26,27,28,29);1H. The van der Waals surface area contributed by atoms with E-state index in [0.717, 1.165) is 32.1 Å². The number of benzene rings is 2. The highest BCUT2D eigenvalue weighted by molar-refractivity contribution is 8.03. The zero-order valence-electron chi connectivity index (χ0n) is 16.6.